The van der Waals surface area contributed by atoms with Crippen LogP contribution in [0.2, 0.25) is 0 Å². The van der Waals surface area contributed by atoms with Crippen LogP contribution >= 0.6 is 0 Å². The second-order valence-corrected chi connectivity index (χ2v) is 9.97. The van der Waals surface area contributed by atoms with E-state index in [0.717, 1.165) is 23.7 Å². The zero-order valence-corrected chi connectivity index (χ0v) is 15.2. The number of nitrogens with zero attached hydrogens (tertiary/aromatic N) is 1. The van der Waals surface area contributed by atoms with Crippen LogP contribution in [0.1, 0.15) is 65.4 Å². The summed E-state index contributed by atoms with van der Waals surface area (Å²) in [4.78, 5) is 2.77. The molecule has 0 unspecified atom stereocenters. The molecule has 1 heterocycles. The Balaban J connectivity index is 1.72. The topological polar surface area (TPSA) is 3.24 Å². The Kier molecular flexibility index (Phi) is 2.72. The van der Waals surface area contributed by atoms with E-state index in [1.54, 1.807) is 17.7 Å². The quantitative estimate of drug-likeness (QED) is 0.621. The van der Waals surface area contributed by atoms with E-state index in [2.05, 4.69) is 56.9 Å². The van der Waals surface area contributed by atoms with Crippen LogP contribution in [0.4, 0.5) is 5.69 Å². The Morgan fingerprint density at radius 1 is 0.913 bits per heavy atom. The first-order valence-electron chi connectivity index (χ1n) is 9.81. The minimum Gasteiger partial charge on any atom is -0.363 e. The molecule has 5 aliphatic rings. The van der Waals surface area contributed by atoms with E-state index in [1.165, 1.54) is 25.7 Å². The number of anilines is 1. The third-order valence-corrected chi connectivity index (χ3v) is 7.92. The first kappa shape index (κ1) is 14.4. The molecule has 4 bridgehead atoms. The zero-order chi connectivity index (χ0) is 16.0. The summed E-state index contributed by atoms with van der Waals surface area (Å²) in [6.07, 6.45) is 7.56. The highest BCUT2D eigenvalue weighted by molar-refractivity contribution is 5.67. The number of benzene rings is 1. The largest absolute Gasteiger partial charge is 0.363 e. The number of para-hydroxylation sites is 1. The maximum Gasteiger partial charge on any atom is 0.0412 e. The van der Waals surface area contributed by atoms with Gasteiger partial charge in [-0.05, 0) is 95.1 Å². The van der Waals surface area contributed by atoms with E-state index in [9.17, 15) is 0 Å². The van der Waals surface area contributed by atoms with Crippen LogP contribution in [-0.2, 0) is 5.41 Å². The van der Waals surface area contributed by atoms with Crippen LogP contribution in [-0.4, -0.2) is 11.6 Å². The van der Waals surface area contributed by atoms with Gasteiger partial charge in [-0.1, -0.05) is 18.2 Å². The van der Waals surface area contributed by atoms with E-state index in [1.807, 2.05) is 0 Å². The summed E-state index contributed by atoms with van der Waals surface area (Å²) in [5.41, 5.74) is 3.89. The van der Waals surface area contributed by atoms with Crippen LogP contribution in [0.25, 0.3) is 0 Å². The molecular weight excluding hydrogens is 278 g/mol. The molecular formula is C22H31N. The van der Waals surface area contributed by atoms with Gasteiger partial charge >= 0.3 is 0 Å². The molecule has 6 rings (SSSR count). The van der Waals surface area contributed by atoms with Crippen molar-refractivity contribution in [2.75, 3.05) is 4.90 Å². The van der Waals surface area contributed by atoms with Crippen molar-refractivity contribution >= 4 is 5.69 Å². The fraction of sp³-hybridized carbons (Fsp3) is 0.727. The second-order valence-electron chi connectivity index (χ2n) is 9.97. The zero-order valence-electron chi connectivity index (χ0n) is 15.2. The molecule has 4 aliphatic carbocycles. The van der Waals surface area contributed by atoms with Crippen molar-refractivity contribution in [3.8, 4) is 0 Å². The molecule has 1 aliphatic heterocycles. The standard InChI is InChI=1S/C22H31N/c1-14-22(17-10-15-9-16(12-17)13-18(22)11-15)19-7-5-6-8-20(19)23(14)21(2,3)4/h5-8,14-18H,9-13H2,1-4H3/t14-,15?,16?,17?,18?,22?/m0/s1. The normalized spacial score (nSPS) is 44.2. The Labute approximate surface area is 141 Å². The molecule has 1 aromatic carbocycles. The lowest BCUT2D eigenvalue weighted by Crippen LogP contribution is -2.62. The van der Waals surface area contributed by atoms with Gasteiger partial charge in [0.1, 0.15) is 0 Å². The molecule has 1 aromatic rings. The fourth-order valence-electron chi connectivity index (χ4n) is 7.73. The van der Waals surface area contributed by atoms with Gasteiger partial charge in [-0.25, -0.2) is 0 Å². The second kappa shape index (κ2) is 4.35. The maximum atomic E-state index is 2.77. The van der Waals surface area contributed by atoms with Crippen molar-refractivity contribution in [3.05, 3.63) is 29.8 Å². The molecule has 0 aromatic heterocycles. The van der Waals surface area contributed by atoms with Crippen LogP contribution in [0.5, 0.6) is 0 Å². The van der Waals surface area contributed by atoms with E-state index in [-0.39, 0.29) is 5.54 Å². The van der Waals surface area contributed by atoms with E-state index in [4.69, 9.17) is 0 Å². The van der Waals surface area contributed by atoms with Gasteiger partial charge in [-0.3, -0.25) is 0 Å². The molecule has 1 spiro atoms. The van der Waals surface area contributed by atoms with E-state index >= 15 is 0 Å². The Morgan fingerprint density at radius 2 is 1.48 bits per heavy atom. The summed E-state index contributed by atoms with van der Waals surface area (Å²) in [5, 5.41) is 0. The lowest BCUT2D eigenvalue weighted by molar-refractivity contribution is -0.0675. The highest BCUT2D eigenvalue weighted by atomic mass is 15.3. The number of hydrogen-bond acceptors (Lipinski definition) is 1. The molecule has 4 fully saturated rings. The Hall–Kier alpha value is -0.980. The molecule has 0 saturated heterocycles. The van der Waals surface area contributed by atoms with Crippen LogP contribution < -0.4 is 4.90 Å². The van der Waals surface area contributed by atoms with Crippen molar-refractivity contribution in [1.82, 2.24) is 0 Å². The summed E-state index contributed by atoms with van der Waals surface area (Å²) < 4.78 is 0. The van der Waals surface area contributed by atoms with Gasteiger partial charge < -0.3 is 4.90 Å². The first-order chi connectivity index (χ1) is 10.9. The average Bonchev–Trinajstić information content (AvgIpc) is 2.73. The summed E-state index contributed by atoms with van der Waals surface area (Å²) >= 11 is 0. The molecule has 0 amide bonds. The molecule has 1 heteroatoms. The summed E-state index contributed by atoms with van der Waals surface area (Å²) in [7, 11) is 0. The van der Waals surface area contributed by atoms with Crippen molar-refractivity contribution in [3.63, 3.8) is 0 Å². The predicted molar refractivity (Wildman–Crippen MR) is 96.9 cm³/mol. The van der Waals surface area contributed by atoms with Crippen LogP contribution in [0, 0.1) is 23.7 Å². The van der Waals surface area contributed by atoms with Gasteiger partial charge in [-0.15, -0.1) is 0 Å². The first-order valence-corrected chi connectivity index (χ1v) is 9.81. The summed E-state index contributed by atoms with van der Waals surface area (Å²) in [6, 6.07) is 10.1. The minimum absolute atomic E-state index is 0.202. The molecule has 124 valence electrons. The van der Waals surface area contributed by atoms with Gasteiger partial charge in [0.2, 0.25) is 0 Å². The van der Waals surface area contributed by atoms with Crippen molar-refractivity contribution in [2.45, 2.75) is 76.8 Å². The molecule has 23 heavy (non-hydrogen) atoms. The molecule has 1 nitrogen and oxygen atoms in total. The monoisotopic (exact) mass is 309 g/mol. The molecule has 0 N–H and O–H groups in total. The third-order valence-electron chi connectivity index (χ3n) is 7.92. The maximum absolute atomic E-state index is 2.77. The van der Waals surface area contributed by atoms with E-state index < -0.39 is 0 Å². The molecule has 1 atom stereocenters. The number of rotatable bonds is 0. The number of hydrogen-bond donors (Lipinski definition) is 0. The summed E-state index contributed by atoms with van der Waals surface area (Å²) in [5.74, 6) is 3.96. The third kappa shape index (κ3) is 1.64. The highest BCUT2D eigenvalue weighted by Crippen LogP contribution is 2.68. The molecule has 0 radical (unpaired) electrons. The summed E-state index contributed by atoms with van der Waals surface area (Å²) in [6.45, 7) is 9.74. The lowest BCUT2D eigenvalue weighted by Gasteiger charge is -2.62. The fourth-order valence-corrected chi connectivity index (χ4v) is 7.73. The van der Waals surface area contributed by atoms with Gasteiger partial charge in [0.25, 0.3) is 0 Å². The smallest absolute Gasteiger partial charge is 0.0412 e. The lowest BCUT2D eigenvalue weighted by atomic mass is 9.42. The van der Waals surface area contributed by atoms with E-state index in [0.29, 0.717) is 11.5 Å². The minimum atomic E-state index is 0.202. The molecule has 4 saturated carbocycles. The number of fused-ring (bicyclic) bond motifs is 1. The van der Waals surface area contributed by atoms with Gasteiger partial charge in [0.15, 0.2) is 0 Å². The van der Waals surface area contributed by atoms with Gasteiger partial charge in [0, 0.05) is 22.7 Å². The predicted octanol–water partition coefficient (Wildman–Crippen LogP) is 5.39. The van der Waals surface area contributed by atoms with Gasteiger partial charge in [0.05, 0.1) is 0 Å². The Morgan fingerprint density at radius 3 is 2.04 bits per heavy atom. The van der Waals surface area contributed by atoms with Crippen molar-refractivity contribution in [1.29, 1.82) is 0 Å². The van der Waals surface area contributed by atoms with Crippen LogP contribution in [0.3, 0.4) is 0 Å². The van der Waals surface area contributed by atoms with Crippen molar-refractivity contribution in [2.24, 2.45) is 23.7 Å². The SMILES string of the molecule is C[C@@H]1N(C(C)(C)C)c2ccccc2C12C1CC3CC(C1)CC2C3. The highest BCUT2D eigenvalue weighted by Gasteiger charge is 2.64. The van der Waals surface area contributed by atoms with Crippen LogP contribution in [0.15, 0.2) is 24.3 Å². The Bertz CT molecular complexity index is 610. The van der Waals surface area contributed by atoms with Crippen molar-refractivity contribution < 1.29 is 0 Å². The average molecular weight is 309 g/mol. The van der Waals surface area contributed by atoms with Gasteiger partial charge in [-0.2, -0.15) is 0 Å².